The predicted molar refractivity (Wildman–Crippen MR) is 58.0 cm³/mol. The quantitative estimate of drug-likeness (QED) is 0.701. The van der Waals surface area contributed by atoms with Crippen LogP contribution in [0.4, 0.5) is 0 Å². The highest BCUT2D eigenvalue weighted by atomic mass is 16.5. The fraction of sp³-hybridized carbons (Fsp3) is 0.600. The van der Waals surface area contributed by atoms with E-state index in [0.29, 0.717) is 25.3 Å². The molecule has 0 aliphatic rings. The Hall–Kier alpha value is -1.56. The zero-order valence-corrected chi connectivity index (χ0v) is 9.55. The molecule has 0 fully saturated rings. The van der Waals surface area contributed by atoms with E-state index in [4.69, 9.17) is 15.2 Å². The highest BCUT2D eigenvalue weighted by Gasteiger charge is 2.14. The van der Waals surface area contributed by atoms with Crippen molar-refractivity contribution in [3.63, 3.8) is 0 Å². The van der Waals surface area contributed by atoms with Crippen molar-refractivity contribution < 1.29 is 14.3 Å². The molecule has 1 rings (SSSR count). The standard InChI is InChI=1S/C10H17N3O3/c1-3-16-10(14)9(11)4-5-13-7-8(15-2)6-12-13/h6-7,9H,3-5,11H2,1-2H3. The second-order valence-electron chi connectivity index (χ2n) is 3.29. The van der Waals surface area contributed by atoms with Gasteiger partial charge in [0.25, 0.3) is 0 Å². The number of nitrogens with zero attached hydrogens (tertiary/aromatic N) is 2. The summed E-state index contributed by atoms with van der Waals surface area (Å²) in [4.78, 5) is 11.2. The number of nitrogens with two attached hydrogens (primary N) is 1. The zero-order chi connectivity index (χ0) is 12.0. The largest absolute Gasteiger partial charge is 0.493 e. The highest BCUT2D eigenvalue weighted by Crippen LogP contribution is 2.07. The molecule has 6 heteroatoms. The van der Waals surface area contributed by atoms with E-state index >= 15 is 0 Å². The summed E-state index contributed by atoms with van der Waals surface area (Å²) in [6.45, 7) is 2.66. The van der Waals surface area contributed by atoms with Crippen LogP contribution in [0.15, 0.2) is 12.4 Å². The molecule has 0 radical (unpaired) electrons. The maximum Gasteiger partial charge on any atom is 0.322 e. The molecule has 1 aromatic heterocycles. The van der Waals surface area contributed by atoms with Crippen LogP contribution in [0.3, 0.4) is 0 Å². The Morgan fingerprint density at radius 1 is 1.69 bits per heavy atom. The first-order valence-electron chi connectivity index (χ1n) is 5.16. The fourth-order valence-electron chi connectivity index (χ4n) is 1.21. The van der Waals surface area contributed by atoms with Gasteiger partial charge >= 0.3 is 5.97 Å². The molecule has 0 aliphatic heterocycles. The summed E-state index contributed by atoms with van der Waals surface area (Å²) in [5.41, 5.74) is 5.64. The van der Waals surface area contributed by atoms with Gasteiger partial charge in [0.1, 0.15) is 6.04 Å². The van der Waals surface area contributed by atoms with Crippen LogP contribution >= 0.6 is 0 Å². The number of carbonyl (C=O) groups excluding carboxylic acids is 1. The monoisotopic (exact) mass is 227 g/mol. The van der Waals surface area contributed by atoms with Crippen molar-refractivity contribution in [2.75, 3.05) is 13.7 Å². The van der Waals surface area contributed by atoms with Gasteiger partial charge in [-0.3, -0.25) is 9.48 Å². The molecular formula is C10H17N3O3. The molecule has 1 atom stereocenters. The van der Waals surface area contributed by atoms with Crippen LogP contribution in [0.25, 0.3) is 0 Å². The molecule has 0 saturated heterocycles. The second-order valence-corrected chi connectivity index (χ2v) is 3.29. The van der Waals surface area contributed by atoms with Crippen LogP contribution in [-0.2, 0) is 16.1 Å². The van der Waals surface area contributed by atoms with Gasteiger partial charge in [0.2, 0.25) is 0 Å². The number of carbonyl (C=O) groups is 1. The fourth-order valence-corrected chi connectivity index (χ4v) is 1.21. The third-order valence-electron chi connectivity index (χ3n) is 2.10. The lowest BCUT2D eigenvalue weighted by Crippen LogP contribution is -2.33. The number of aryl methyl sites for hydroxylation is 1. The van der Waals surface area contributed by atoms with Crippen molar-refractivity contribution in [3.8, 4) is 5.75 Å². The van der Waals surface area contributed by atoms with Crippen molar-refractivity contribution in [1.29, 1.82) is 0 Å². The van der Waals surface area contributed by atoms with E-state index in [1.807, 2.05) is 0 Å². The van der Waals surface area contributed by atoms with Crippen LogP contribution in [-0.4, -0.2) is 35.5 Å². The van der Waals surface area contributed by atoms with Gasteiger partial charge in [-0.15, -0.1) is 0 Å². The van der Waals surface area contributed by atoms with Crippen LogP contribution < -0.4 is 10.5 Å². The van der Waals surface area contributed by atoms with E-state index in [0.717, 1.165) is 0 Å². The average molecular weight is 227 g/mol. The minimum absolute atomic E-state index is 0.349. The van der Waals surface area contributed by atoms with E-state index < -0.39 is 6.04 Å². The lowest BCUT2D eigenvalue weighted by molar-refractivity contribution is -0.144. The molecule has 1 heterocycles. The number of rotatable bonds is 6. The highest BCUT2D eigenvalue weighted by molar-refractivity contribution is 5.75. The van der Waals surface area contributed by atoms with Crippen LogP contribution in [0.1, 0.15) is 13.3 Å². The van der Waals surface area contributed by atoms with Gasteiger partial charge in [0.15, 0.2) is 5.75 Å². The molecule has 0 spiro atoms. The molecule has 6 nitrogen and oxygen atoms in total. The third kappa shape index (κ3) is 3.54. The first-order chi connectivity index (χ1) is 7.67. The molecule has 2 N–H and O–H groups in total. The molecule has 1 aromatic rings. The Kier molecular flexibility index (Phi) is 4.78. The number of aromatic nitrogens is 2. The Morgan fingerprint density at radius 3 is 3.00 bits per heavy atom. The summed E-state index contributed by atoms with van der Waals surface area (Å²) in [7, 11) is 1.58. The van der Waals surface area contributed by atoms with Crippen LogP contribution in [0, 0.1) is 0 Å². The third-order valence-corrected chi connectivity index (χ3v) is 2.10. The average Bonchev–Trinajstić information content (AvgIpc) is 2.74. The lowest BCUT2D eigenvalue weighted by Gasteiger charge is -2.09. The molecule has 0 bridgehead atoms. The number of ether oxygens (including phenoxy) is 2. The number of hydrogen-bond donors (Lipinski definition) is 1. The topological polar surface area (TPSA) is 79.4 Å². The van der Waals surface area contributed by atoms with Gasteiger partial charge in [-0.1, -0.05) is 0 Å². The molecule has 0 aliphatic carbocycles. The minimum Gasteiger partial charge on any atom is -0.493 e. The van der Waals surface area contributed by atoms with Gasteiger partial charge < -0.3 is 15.2 Å². The number of hydrogen-bond acceptors (Lipinski definition) is 5. The van der Waals surface area contributed by atoms with Crippen molar-refractivity contribution in [1.82, 2.24) is 9.78 Å². The predicted octanol–water partition coefficient (Wildman–Crippen LogP) is 0.172. The van der Waals surface area contributed by atoms with Crippen molar-refractivity contribution in [3.05, 3.63) is 12.4 Å². The first kappa shape index (κ1) is 12.5. The maximum absolute atomic E-state index is 11.2. The Morgan fingerprint density at radius 2 is 2.44 bits per heavy atom. The molecule has 0 saturated carbocycles. The van der Waals surface area contributed by atoms with E-state index in [9.17, 15) is 4.79 Å². The van der Waals surface area contributed by atoms with E-state index in [2.05, 4.69) is 5.10 Å². The SMILES string of the molecule is CCOC(=O)C(N)CCn1cc(OC)cn1. The number of esters is 1. The normalized spacial score (nSPS) is 12.2. The Labute approximate surface area is 94.3 Å². The van der Waals surface area contributed by atoms with Crippen LogP contribution in [0.2, 0.25) is 0 Å². The second kappa shape index (κ2) is 6.12. The van der Waals surface area contributed by atoms with E-state index in [-0.39, 0.29) is 5.97 Å². The van der Waals surface area contributed by atoms with Crippen molar-refractivity contribution in [2.24, 2.45) is 5.73 Å². The molecule has 0 aromatic carbocycles. The summed E-state index contributed by atoms with van der Waals surface area (Å²) in [6.07, 6.45) is 3.84. The molecule has 1 unspecified atom stereocenters. The number of methoxy groups -OCH3 is 1. The van der Waals surface area contributed by atoms with Gasteiger partial charge in [0.05, 0.1) is 26.1 Å². The van der Waals surface area contributed by atoms with Crippen molar-refractivity contribution in [2.45, 2.75) is 25.9 Å². The molecule has 16 heavy (non-hydrogen) atoms. The Balaban J connectivity index is 2.36. The summed E-state index contributed by atoms with van der Waals surface area (Å²) < 4.78 is 11.5. The van der Waals surface area contributed by atoms with Gasteiger partial charge in [-0.2, -0.15) is 5.10 Å². The Bertz CT molecular complexity index is 338. The molecule has 90 valence electrons. The summed E-state index contributed by atoms with van der Waals surface area (Å²) in [5, 5.41) is 4.05. The minimum atomic E-state index is -0.602. The first-order valence-corrected chi connectivity index (χ1v) is 5.16. The maximum atomic E-state index is 11.2. The summed E-state index contributed by atoms with van der Waals surface area (Å²) in [5.74, 6) is 0.311. The smallest absolute Gasteiger partial charge is 0.322 e. The van der Waals surface area contributed by atoms with Gasteiger partial charge in [-0.05, 0) is 13.3 Å². The van der Waals surface area contributed by atoms with E-state index in [1.165, 1.54) is 0 Å². The zero-order valence-electron chi connectivity index (χ0n) is 9.55. The summed E-state index contributed by atoms with van der Waals surface area (Å²) in [6, 6.07) is -0.602. The van der Waals surface area contributed by atoms with Crippen LogP contribution in [0.5, 0.6) is 5.75 Å². The van der Waals surface area contributed by atoms with Gasteiger partial charge in [-0.25, -0.2) is 0 Å². The van der Waals surface area contributed by atoms with Crippen molar-refractivity contribution >= 4 is 5.97 Å². The lowest BCUT2D eigenvalue weighted by atomic mass is 10.2. The molecular weight excluding hydrogens is 210 g/mol. The van der Waals surface area contributed by atoms with Gasteiger partial charge in [0, 0.05) is 6.54 Å². The molecule has 0 amide bonds. The summed E-state index contributed by atoms with van der Waals surface area (Å²) >= 11 is 0. The van der Waals surface area contributed by atoms with E-state index in [1.54, 1.807) is 31.1 Å².